The zero-order valence-electron chi connectivity index (χ0n) is 18.7. The fourth-order valence-corrected chi connectivity index (χ4v) is 3.64. The lowest BCUT2D eigenvalue weighted by molar-refractivity contribution is -0.385. The van der Waals surface area contributed by atoms with Gasteiger partial charge < -0.3 is 19.3 Å². The van der Waals surface area contributed by atoms with E-state index in [1.807, 2.05) is 4.90 Å². The number of pyridine rings is 1. The number of nitrogens with zero attached hydrogens (tertiary/aromatic N) is 5. The van der Waals surface area contributed by atoms with Crippen LogP contribution in [0.3, 0.4) is 0 Å². The number of nitro benzene ring substituents is 1. The number of piperazine rings is 1. The summed E-state index contributed by atoms with van der Waals surface area (Å²) in [7, 11) is 1.54. The van der Waals surface area contributed by atoms with Gasteiger partial charge in [-0.2, -0.15) is 0 Å². The monoisotopic (exact) mass is 479 g/mol. The normalized spacial score (nSPS) is 13.3. The van der Waals surface area contributed by atoms with Gasteiger partial charge in [0, 0.05) is 44.4 Å². The number of benzene rings is 2. The lowest BCUT2D eigenvalue weighted by Crippen LogP contribution is -2.49. The average molecular weight is 479 g/mol. The van der Waals surface area contributed by atoms with Gasteiger partial charge in [-0.3, -0.25) is 25.0 Å². The maximum absolute atomic E-state index is 13.3. The Bertz CT molecular complexity index is 1240. The van der Waals surface area contributed by atoms with E-state index < -0.39 is 15.8 Å². The van der Waals surface area contributed by atoms with Gasteiger partial charge in [0.15, 0.2) is 0 Å². The zero-order valence-corrected chi connectivity index (χ0v) is 18.7. The molecule has 0 bridgehead atoms. The van der Waals surface area contributed by atoms with Gasteiger partial charge in [0.05, 0.1) is 22.5 Å². The maximum atomic E-state index is 13.3. The molecule has 1 aliphatic rings. The van der Waals surface area contributed by atoms with E-state index in [-0.39, 0.29) is 22.7 Å². The Morgan fingerprint density at radius 2 is 1.51 bits per heavy atom. The van der Waals surface area contributed by atoms with E-state index in [2.05, 4.69) is 4.98 Å². The molecule has 1 aliphatic heterocycles. The highest BCUT2D eigenvalue weighted by molar-refractivity contribution is 5.98. The largest absolute Gasteiger partial charge is 0.497 e. The second kappa shape index (κ2) is 10.0. The van der Waals surface area contributed by atoms with Gasteiger partial charge in [-0.05, 0) is 36.4 Å². The topological polar surface area (TPSA) is 141 Å². The Labute approximate surface area is 199 Å². The molecule has 12 heteroatoms. The van der Waals surface area contributed by atoms with Crippen LogP contribution in [0.2, 0.25) is 0 Å². The fourth-order valence-electron chi connectivity index (χ4n) is 3.64. The molecule has 0 atom stereocenters. The number of hydrogen-bond acceptors (Lipinski definition) is 9. The van der Waals surface area contributed by atoms with Crippen LogP contribution in [-0.2, 0) is 0 Å². The Kier molecular flexibility index (Phi) is 6.71. The highest BCUT2D eigenvalue weighted by atomic mass is 16.6. The van der Waals surface area contributed by atoms with E-state index in [9.17, 15) is 25.0 Å². The fraction of sp³-hybridized carbons (Fsp3) is 0.217. The molecule has 0 N–H and O–H groups in total. The van der Waals surface area contributed by atoms with E-state index in [1.165, 1.54) is 30.5 Å². The highest BCUT2D eigenvalue weighted by Gasteiger charge is 2.27. The Morgan fingerprint density at radius 3 is 2.09 bits per heavy atom. The number of methoxy groups -OCH3 is 1. The summed E-state index contributed by atoms with van der Waals surface area (Å²) in [5, 5.41) is 22.2. The van der Waals surface area contributed by atoms with E-state index in [0.29, 0.717) is 43.5 Å². The number of nitro groups is 2. The molecule has 1 saturated heterocycles. The minimum atomic E-state index is -0.563. The quantitative estimate of drug-likeness (QED) is 0.366. The van der Waals surface area contributed by atoms with Crippen LogP contribution in [0.15, 0.2) is 60.8 Å². The first-order chi connectivity index (χ1) is 16.9. The van der Waals surface area contributed by atoms with Crippen molar-refractivity contribution in [2.45, 2.75) is 0 Å². The second-order valence-corrected chi connectivity index (χ2v) is 7.63. The molecule has 2 aromatic carbocycles. The summed E-state index contributed by atoms with van der Waals surface area (Å²) in [6, 6.07) is 13.6. The summed E-state index contributed by atoms with van der Waals surface area (Å²) in [5.74, 6) is 1.46. The third-order valence-corrected chi connectivity index (χ3v) is 5.53. The first-order valence-electron chi connectivity index (χ1n) is 10.6. The molecular weight excluding hydrogens is 458 g/mol. The maximum Gasteiger partial charge on any atom is 0.287 e. The Hall–Kier alpha value is -4.74. The van der Waals surface area contributed by atoms with Gasteiger partial charge in [-0.15, -0.1) is 0 Å². The summed E-state index contributed by atoms with van der Waals surface area (Å²) in [4.78, 5) is 42.1. The van der Waals surface area contributed by atoms with Crippen molar-refractivity contribution in [1.82, 2.24) is 9.88 Å². The first kappa shape index (κ1) is 23.4. The molecular formula is C23H21N5O7. The first-order valence-corrected chi connectivity index (χ1v) is 10.6. The molecule has 2 heterocycles. The predicted molar refractivity (Wildman–Crippen MR) is 125 cm³/mol. The van der Waals surface area contributed by atoms with Crippen molar-refractivity contribution >= 4 is 23.1 Å². The average Bonchev–Trinajstić information content (AvgIpc) is 2.89. The number of ether oxygens (including phenoxy) is 2. The van der Waals surface area contributed by atoms with E-state index >= 15 is 0 Å². The van der Waals surface area contributed by atoms with Gasteiger partial charge in [0.25, 0.3) is 17.3 Å². The smallest absolute Gasteiger partial charge is 0.287 e. The molecule has 35 heavy (non-hydrogen) atoms. The molecule has 3 aromatic rings. The Morgan fingerprint density at radius 1 is 0.886 bits per heavy atom. The number of rotatable bonds is 7. The minimum Gasteiger partial charge on any atom is -0.497 e. The lowest BCUT2D eigenvalue weighted by Gasteiger charge is -2.35. The third-order valence-electron chi connectivity index (χ3n) is 5.53. The van der Waals surface area contributed by atoms with Crippen LogP contribution >= 0.6 is 0 Å². The van der Waals surface area contributed by atoms with E-state index in [4.69, 9.17) is 9.47 Å². The van der Waals surface area contributed by atoms with Crippen molar-refractivity contribution in [2.75, 3.05) is 38.2 Å². The van der Waals surface area contributed by atoms with Crippen molar-refractivity contribution in [3.63, 3.8) is 0 Å². The van der Waals surface area contributed by atoms with Crippen LogP contribution in [-0.4, -0.2) is 58.9 Å². The summed E-state index contributed by atoms with van der Waals surface area (Å²) in [6.07, 6.45) is 1.19. The highest BCUT2D eigenvalue weighted by Crippen LogP contribution is 2.31. The van der Waals surface area contributed by atoms with Crippen LogP contribution in [0.1, 0.15) is 10.4 Å². The SMILES string of the molecule is COc1ccc(Oc2ccc([N+](=O)[O-])cc2C(=O)N2CCN(c3ccc([N+](=O)[O-])cn3)CC2)cc1. The van der Waals surface area contributed by atoms with E-state index in [1.54, 1.807) is 42.3 Å². The van der Waals surface area contributed by atoms with Crippen molar-refractivity contribution in [3.05, 3.63) is 86.6 Å². The van der Waals surface area contributed by atoms with Crippen molar-refractivity contribution in [3.8, 4) is 17.2 Å². The number of non-ortho nitro benzene ring substituents is 1. The van der Waals surface area contributed by atoms with Crippen LogP contribution in [0.5, 0.6) is 17.2 Å². The summed E-state index contributed by atoms with van der Waals surface area (Å²) < 4.78 is 11.0. The van der Waals surface area contributed by atoms with Crippen molar-refractivity contribution in [2.24, 2.45) is 0 Å². The van der Waals surface area contributed by atoms with Gasteiger partial charge in [-0.25, -0.2) is 4.98 Å². The molecule has 1 fully saturated rings. The van der Waals surface area contributed by atoms with Gasteiger partial charge in [-0.1, -0.05) is 0 Å². The molecule has 1 amide bonds. The number of carbonyl (C=O) groups excluding carboxylic acids is 1. The summed E-state index contributed by atoms with van der Waals surface area (Å²) >= 11 is 0. The van der Waals surface area contributed by atoms with Crippen LogP contribution in [0.25, 0.3) is 0 Å². The molecule has 0 spiro atoms. The molecule has 0 saturated carbocycles. The molecule has 0 radical (unpaired) electrons. The van der Waals surface area contributed by atoms with Gasteiger partial charge >= 0.3 is 0 Å². The minimum absolute atomic E-state index is 0.0805. The second-order valence-electron chi connectivity index (χ2n) is 7.63. The Balaban J connectivity index is 1.51. The molecule has 1 aromatic heterocycles. The number of hydrogen-bond donors (Lipinski definition) is 0. The van der Waals surface area contributed by atoms with Crippen molar-refractivity contribution < 1.29 is 24.1 Å². The molecule has 180 valence electrons. The predicted octanol–water partition coefficient (Wildman–Crippen LogP) is 3.66. The molecule has 0 unspecified atom stereocenters. The lowest BCUT2D eigenvalue weighted by atomic mass is 10.1. The van der Waals surface area contributed by atoms with Crippen LogP contribution in [0.4, 0.5) is 17.2 Å². The molecule has 0 aliphatic carbocycles. The molecule has 12 nitrogen and oxygen atoms in total. The number of anilines is 1. The van der Waals surface area contributed by atoms with Gasteiger partial charge in [0.1, 0.15) is 29.3 Å². The summed E-state index contributed by atoms with van der Waals surface area (Å²) in [6.45, 7) is 1.56. The van der Waals surface area contributed by atoms with Crippen LogP contribution in [0, 0.1) is 20.2 Å². The number of aromatic nitrogens is 1. The standard InChI is InChI=1S/C23H21N5O7/c1-34-18-4-6-19(7-5-18)35-21-8-2-16(27(30)31)14-20(21)23(29)26-12-10-25(11-13-26)22-9-3-17(15-24-22)28(32)33/h2-9,14-15H,10-13H2,1H3. The number of carbonyl (C=O) groups is 1. The van der Waals surface area contributed by atoms with E-state index in [0.717, 1.165) is 0 Å². The van der Waals surface area contributed by atoms with Crippen molar-refractivity contribution in [1.29, 1.82) is 0 Å². The van der Waals surface area contributed by atoms with Gasteiger partial charge in [0.2, 0.25) is 0 Å². The zero-order chi connectivity index (χ0) is 24.9. The summed E-state index contributed by atoms with van der Waals surface area (Å²) in [5.41, 5.74) is -0.237. The number of amides is 1. The third kappa shape index (κ3) is 5.27. The molecule has 4 rings (SSSR count). The van der Waals surface area contributed by atoms with Crippen LogP contribution < -0.4 is 14.4 Å².